The average Bonchev–Trinajstić information content (AvgIpc) is 1.62. The Hall–Kier alpha value is -8.80. The lowest BCUT2D eigenvalue weighted by atomic mass is 10.0. The molecular formula is C108H132N4. The van der Waals surface area contributed by atoms with E-state index in [9.17, 15) is 0 Å². The number of hydrogen-bond acceptors (Lipinski definition) is 0. The maximum atomic E-state index is 3.72. The van der Waals surface area contributed by atoms with Gasteiger partial charge in [0.25, 0.3) is 0 Å². The summed E-state index contributed by atoms with van der Waals surface area (Å²) in [7, 11) is 0. The van der Waals surface area contributed by atoms with E-state index in [1.807, 2.05) is 0 Å². The SMILES string of the molecule is CCCCCCCCCCCCCn1c2ccc3cc2c2cc(ccc21)C#Cc1ccc2c(c1)c1cc(ccc1n2CCCCCCCCCCCCC)C#Cc1ccc2c(c1)c1cc(ccc1n2CCCCCCCCCCCCC)C#Cc1ccc2c(c1)c1cc(ccc1n2CCCCCCCCCCCCC)C#C3. The van der Waals surface area contributed by atoms with E-state index in [0.717, 1.165) is 70.7 Å². The predicted molar refractivity (Wildman–Crippen MR) is 488 cm³/mol. The van der Waals surface area contributed by atoms with Crippen LogP contribution in [0, 0.1) is 47.4 Å². The monoisotopic (exact) mass is 1490 g/mol. The molecule has 0 spiro atoms. The lowest BCUT2D eigenvalue weighted by molar-refractivity contribution is 0.537. The Morgan fingerprint density at radius 1 is 0.152 bits per heavy atom. The lowest BCUT2D eigenvalue weighted by Gasteiger charge is -2.08. The third-order valence-electron chi connectivity index (χ3n) is 24.8. The molecule has 0 unspecified atom stereocenters. The number of aryl methyl sites for hydroxylation is 4. The quantitative estimate of drug-likeness (QED) is 0.0268. The van der Waals surface area contributed by atoms with Gasteiger partial charge in [-0.15, -0.1) is 0 Å². The molecule has 0 fully saturated rings. The molecule has 0 N–H and O–H groups in total. The Kier molecular flexibility index (Phi) is 31.5. The van der Waals surface area contributed by atoms with Crippen LogP contribution in [0.25, 0.3) is 87.2 Å². The van der Waals surface area contributed by atoms with E-state index in [2.05, 4.69) is 239 Å². The summed E-state index contributed by atoms with van der Waals surface area (Å²) in [5, 5.41) is 9.96. The van der Waals surface area contributed by atoms with Crippen molar-refractivity contribution in [2.45, 2.75) is 336 Å². The molecule has 16 bridgehead atoms. The van der Waals surface area contributed by atoms with Crippen LogP contribution in [-0.4, -0.2) is 18.3 Å². The summed E-state index contributed by atoms with van der Waals surface area (Å²) in [6.45, 7) is 13.2. The Balaban J connectivity index is 0.858. The molecule has 0 atom stereocenters. The number of aromatic nitrogens is 4. The number of unbranched alkanes of at least 4 members (excludes halogenated alkanes) is 40. The minimum atomic E-state index is 0.994. The molecule has 0 saturated heterocycles. The topological polar surface area (TPSA) is 19.7 Å². The van der Waals surface area contributed by atoms with Crippen molar-refractivity contribution in [3.8, 4) is 47.4 Å². The van der Waals surface area contributed by atoms with Crippen molar-refractivity contribution in [3.63, 3.8) is 0 Å². The third kappa shape index (κ3) is 21.9. The second-order valence-electron chi connectivity index (χ2n) is 33.6. The van der Waals surface area contributed by atoms with Gasteiger partial charge in [-0.3, -0.25) is 0 Å². The van der Waals surface area contributed by atoms with E-state index in [1.54, 1.807) is 0 Å². The van der Waals surface area contributed by atoms with Crippen LogP contribution in [0.3, 0.4) is 0 Å². The second-order valence-corrected chi connectivity index (χ2v) is 33.6. The fourth-order valence-corrected chi connectivity index (χ4v) is 18.3. The van der Waals surface area contributed by atoms with Crippen LogP contribution < -0.4 is 0 Å². The van der Waals surface area contributed by atoms with Gasteiger partial charge in [0.1, 0.15) is 0 Å². The molecule has 1 aliphatic carbocycles. The van der Waals surface area contributed by atoms with Crippen LogP contribution in [0.2, 0.25) is 0 Å². The van der Waals surface area contributed by atoms with Crippen molar-refractivity contribution in [2.24, 2.45) is 0 Å². The molecule has 0 radical (unpaired) electrons. The van der Waals surface area contributed by atoms with Gasteiger partial charge >= 0.3 is 0 Å². The fraction of sp³-hybridized carbons (Fsp3) is 0.481. The first-order valence-corrected chi connectivity index (χ1v) is 45.8. The summed E-state index contributed by atoms with van der Waals surface area (Å²) >= 11 is 0. The number of fused-ring (bicyclic) bond motifs is 8. The zero-order valence-electron chi connectivity index (χ0n) is 69.6. The van der Waals surface area contributed by atoms with Gasteiger partial charge in [-0.2, -0.15) is 0 Å². The average molecular weight is 1490 g/mol. The zero-order valence-corrected chi connectivity index (χ0v) is 69.6. The smallest absolute Gasteiger partial charge is 0.0492 e. The lowest BCUT2D eigenvalue weighted by Crippen LogP contribution is -1.98. The van der Waals surface area contributed by atoms with Crippen LogP contribution >= 0.6 is 0 Å². The van der Waals surface area contributed by atoms with Crippen molar-refractivity contribution < 1.29 is 0 Å². The molecule has 0 saturated carbocycles. The molecule has 4 heteroatoms. The Morgan fingerprint density at radius 2 is 0.268 bits per heavy atom. The van der Waals surface area contributed by atoms with Crippen molar-refractivity contribution in [1.29, 1.82) is 0 Å². The zero-order chi connectivity index (χ0) is 76.7. The van der Waals surface area contributed by atoms with E-state index in [0.29, 0.717) is 0 Å². The summed E-state index contributed by atoms with van der Waals surface area (Å²) in [6, 6.07) is 55.7. The standard InChI is InChI=1S/C108H132N4/c1-5-9-13-17-21-25-29-33-37-41-45-73-109-101-65-57-85-49-51-87-59-67-103-95(79-87)97-81-89(61-69-105(97)110(103)74-46-42-38-34-30-26-22-18-14-10-6-2)53-55-91-63-71-107-99(83-91)100-84-92(64-72-108(100)112(107)76-48-44-40-36-32-28-24-20-16-12-8-4)56-54-90-62-70-106-98(82-90)96-80-88(52-50-86-58-66-102(109)94(78-86)93(101)77-85)60-68-104(96)111(106)75-47-43-39-35-31-27-23-19-15-11-7-3/h57-72,77-84H,5-48,73-76H2,1-4H3. The number of rotatable bonds is 48. The minimum absolute atomic E-state index is 0.994. The number of benzene rings is 8. The van der Waals surface area contributed by atoms with Gasteiger partial charge in [-0.05, 0) is 171 Å². The molecule has 112 heavy (non-hydrogen) atoms. The summed E-state index contributed by atoms with van der Waals surface area (Å²) in [5.41, 5.74) is 18.4. The molecule has 0 aliphatic heterocycles. The molecule has 1 aliphatic rings. The van der Waals surface area contributed by atoms with Gasteiger partial charge < -0.3 is 18.3 Å². The van der Waals surface area contributed by atoms with Crippen LogP contribution in [0.15, 0.2) is 146 Å². The van der Waals surface area contributed by atoms with E-state index < -0.39 is 0 Å². The van der Waals surface area contributed by atoms with Gasteiger partial charge in [-0.25, -0.2) is 0 Å². The van der Waals surface area contributed by atoms with E-state index >= 15 is 0 Å². The van der Waals surface area contributed by atoms with E-state index in [4.69, 9.17) is 0 Å². The largest absolute Gasteiger partial charge is 0.340 e. The first kappa shape index (κ1) is 81.2. The van der Waals surface area contributed by atoms with E-state index in [-0.39, 0.29) is 0 Å². The molecule has 8 aromatic carbocycles. The maximum Gasteiger partial charge on any atom is 0.0492 e. The van der Waals surface area contributed by atoms with Crippen molar-refractivity contribution in [3.05, 3.63) is 190 Å². The summed E-state index contributed by atoms with van der Waals surface area (Å²) in [5.74, 6) is 29.7. The van der Waals surface area contributed by atoms with Crippen molar-refractivity contribution in [2.75, 3.05) is 0 Å². The van der Waals surface area contributed by atoms with Gasteiger partial charge in [0.2, 0.25) is 0 Å². The number of nitrogens with zero attached hydrogens (tertiary/aromatic N) is 4. The molecule has 4 heterocycles. The summed E-state index contributed by atoms with van der Waals surface area (Å²) in [6.07, 6.45) is 58.7. The predicted octanol–water partition coefficient (Wildman–Crippen LogP) is 31.3. The Labute approximate surface area is 675 Å². The summed E-state index contributed by atoms with van der Waals surface area (Å²) < 4.78 is 10.3. The molecule has 4 aromatic heterocycles. The highest BCUT2D eigenvalue weighted by Gasteiger charge is 2.18. The van der Waals surface area contributed by atoms with Crippen molar-refractivity contribution in [1.82, 2.24) is 18.3 Å². The second kappa shape index (κ2) is 43.5. The van der Waals surface area contributed by atoms with Gasteiger partial charge in [-0.1, -0.05) is 332 Å². The molecule has 0 amide bonds. The molecule has 13 rings (SSSR count). The molecule has 4 nitrogen and oxygen atoms in total. The highest BCUT2D eigenvalue weighted by atomic mass is 15.0. The van der Waals surface area contributed by atoms with Crippen LogP contribution in [0.5, 0.6) is 0 Å². The third-order valence-corrected chi connectivity index (χ3v) is 24.8. The Bertz CT molecular complexity index is 4380. The normalized spacial score (nSPS) is 12.0. The molecular weight excluding hydrogens is 1350 g/mol. The van der Waals surface area contributed by atoms with E-state index in [1.165, 1.54) is 370 Å². The van der Waals surface area contributed by atoms with Crippen LogP contribution in [0.4, 0.5) is 0 Å². The van der Waals surface area contributed by atoms with Gasteiger partial charge in [0.05, 0.1) is 0 Å². The maximum absolute atomic E-state index is 3.72. The fourth-order valence-electron chi connectivity index (χ4n) is 18.3. The first-order chi connectivity index (χ1) is 55.5. The van der Waals surface area contributed by atoms with Crippen LogP contribution in [-0.2, 0) is 26.2 Å². The molecule has 584 valence electrons. The highest BCUT2D eigenvalue weighted by Crippen LogP contribution is 2.37. The Morgan fingerprint density at radius 3 is 0.393 bits per heavy atom. The van der Waals surface area contributed by atoms with Gasteiger partial charge in [0.15, 0.2) is 0 Å². The van der Waals surface area contributed by atoms with Crippen LogP contribution in [0.1, 0.15) is 355 Å². The van der Waals surface area contributed by atoms with Gasteiger partial charge in [0, 0.05) is 158 Å². The molecule has 12 aromatic rings. The highest BCUT2D eigenvalue weighted by molar-refractivity contribution is 6.12. The number of hydrogen-bond donors (Lipinski definition) is 0. The van der Waals surface area contributed by atoms with Crippen molar-refractivity contribution >= 4 is 87.2 Å². The minimum Gasteiger partial charge on any atom is -0.340 e. The summed E-state index contributed by atoms with van der Waals surface area (Å²) in [4.78, 5) is 0. The first-order valence-electron chi connectivity index (χ1n) is 45.8.